The molecule has 2 aliphatic rings. The molecule has 10 heteroatoms. The van der Waals surface area contributed by atoms with Gasteiger partial charge in [-0.2, -0.15) is 0 Å². The molecule has 2 atom stereocenters. The SMILES string of the molecule is COc1ccc(/C=c2\c(=O)n(Cc3ccccc3)c3n2C2C(=O)N(C)C(=O)N(C)C2N=3)cc1OC. The largest absolute Gasteiger partial charge is 0.493 e. The maximum Gasteiger partial charge on any atom is 0.328 e. The van der Waals surface area contributed by atoms with Crippen molar-refractivity contribution in [3.05, 3.63) is 81.0 Å². The van der Waals surface area contributed by atoms with E-state index in [1.165, 1.54) is 19.1 Å². The first-order chi connectivity index (χ1) is 16.8. The Morgan fingerprint density at radius 1 is 0.971 bits per heavy atom. The van der Waals surface area contributed by atoms with E-state index in [4.69, 9.17) is 9.47 Å². The number of imidazole rings is 1. The molecule has 3 amide bonds. The molecule has 0 bridgehead atoms. The minimum Gasteiger partial charge on any atom is -0.493 e. The Balaban J connectivity index is 1.75. The Hall–Kier alpha value is -4.34. The van der Waals surface area contributed by atoms with Gasteiger partial charge < -0.3 is 14.4 Å². The molecule has 0 radical (unpaired) electrons. The summed E-state index contributed by atoms with van der Waals surface area (Å²) in [6, 6.07) is 13.6. The van der Waals surface area contributed by atoms with Crippen molar-refractivity contribution in [3.63, 3.8) is 0 Å². The third-order valence-electron chi connectivity index (χ3n) is 6.45. The number of hydrogen-bond acceptors (Lipinski definition) is 6. The van der Waals surface area contributed by atoms with Crippen LogP contribution in [0, 0.1) is 0 Å². The third-order valence-corrected chi connectivity index (χ3v) is 6.45. The zero-order valence-corrected chi connectivity index (χ0v) is 19.8. The summed E-state index contributed by atoms with van der Waals surface area (Å²) in [6.45, 7) is 0.277. The number of carbonyl (C=O) groups excluding carboxylic acids is 2. The summed E-state index contributed by atoms with van der Waals surface area (Å²) in [5.74, 6) is 0.663. The van der Waals surface area contributed by atoms with Crippen LogP contribution in [0.1, 0.15) is 17.2 Å². The fraction of sp³-hybridized carbons (Fsp3) is 0.280. The second kappa shape index (κ2) is 8.46. The van der Waals surface area contributed by atoms with Crippen LogP contribution in [-0.2, 0) is 11.3 Å². The van der Waals surface area contributed by atoms with Crippen LogP contribution in [0.4, 0.5) is 4.79 Å². The first kappa shape index (κ1) is 22.5. The number of ether oxygens (including phenoxy) is 2. The number of benzene rings is 2. The molecule has 0 N–H and O–H groups in total. The van der Waals surface area contributed by atoms with Gasteiger partial charge in [0.2, 0.25) is 5.62 Å². The summed E-state index contributed by atoms with van der Waals surface area (Å²) >= 11 is 0. The predicted molar refractivity (Wildman–Crippen MR) is 127 cm³/mol. The highest BCUT2D eigenvalue weighted by Crippen LogP contribution is 2.29. The Morgan fingerprint density at radius 3 is 2.37 bits per heavy atom. The van der Waals surface area contributed by atoms with Gasteiger partial charge in [0.15, 0.2) is 23.7 Å². The summed E-state index contributed by atoms with van der Waals surface area (Å²) in [7, 11) is 6.13. The number of likely N-dealkylation sites (N-methyl/N-ethyl adjacent to an activating group) is 2. The van der Waals surface area contributed by atoms with Crippen molar-refractivity contribution in [1.29, 1.82) is 0 Å². The smallest absolute Gasteiger partial charge is 0.328 e. The molecule has 5 rings (SSSR count). The van der Waals surface area contributed by atoms with Gasteiger partial charge in [-0.05, 0) is 29.3 Å². The van der Waals surface area contributed by atoms with E-state index in [0.717, 1.165) is 10.5 Å². The van der Waals surface area contributed by atoms with Crippen LogP contribution in [0.25, 0.3) is 6.08 Å². The van der Waals surface area contributed by atoms with Gasteiger partial charge in [-0.1, -0.05) is 36.4 Å². The van der Waals surface area contributed by atoms with Gasteiger partial charge >= 0.3 is 6.03 Å². The fourth-order valence-electron chi connectivity index (χ4n) is 4.62. The predicted octanol–water partition coefficient (Wildman–Crippen LogP) is 0.568. The van der Waals surface area contributed by atoms with Gasteiger partial charge in [0.25, 0.3) is 11.5 Å². The molecule has 1 saturated heterocycles. The number of rotatable bonds is 5. The second-order valence-electron chi connectivity index (χ2n) is 8.47. The van der Waals surface area contributed by atoms with Crippen molar-refractivity contribution in [2.45, 2.75) is 18.8 Å². The molecule has 0 aliphatic carbocycles. The number of hydrogen-bond donors (Lipinski definition) is 0. The maximum absolute atomic E-state index is 13.7. The number of amides is 3. The first-order valence-electron chi connectivity index (χ1n) is 11.1. The third kappa shape index (κ3) is 3.49. The topological polar surface area (TPSA) is 98.4 Å². The molecule has 2 aromatic carbocycles. The number of urea groups is 1. The lowest BCUT2D eigenvalue weighted by molar-refractivity contribution is -0.135. The van der Waals surface area contributed by atoms with E-state index in [-0.39, 0.29) is 12.1 Å². The van der Waals surface area contributed by atoms with Crippen molar-refractivity contribution < 1.29 is 19.1 Å². The summed E-state index contributed by atoms with van der Waals surface area (Å²) < 4.78 is 13.9. The minimum atomic E-state index is -0.839. The van der Waals surface area contributed by atoms with Crippen molar-refractivity contribution >= 4 is 18.0 Å². The quantitative estimate of drug-likeness (QED) is 0.537. The zero-order chi connectivity index (χ0) is 24.9. The van der Waals surface area contributed by atoms with Crippen LogP contribution in [-0.4, -0.2) is 65.4 Å². The lowest BCUT2D eigenvalue weighted by Gasteiger charge is -2.37. The second-order valence-corrected chi connectivity index (χ2v) is 8.47. The van der Waals surface area contributed by atoms with Crippen LogP contribution in [0.2, 0.25) is 0 Å². The first-order valence-corrected chi connectivity index (χ1v) is 11.1. The molecule has 3 aromatic rings. The molecule has 180 valence electrons. The van der Waals surface area contributed by atoms with E-state index in [2.05, 4.69) is 4.99 Å². The number of fused-ring (bicyclic) bond motifs is 3. The number of nitrogens with zero attached hydrogens (tertiary/aromatic N) is 5. The van der Waals surface area contributed by atoms with Crippen LogP contribution < -0.4 is 26.0 Å². The van der Waals surface area contributed by atoms with E-state index in [0.29, 0.717) is 28.0 Å². The lowest BCUT2D eigenvalue weighted by Crippen LogP contribution is -2.59. The fourth-order valence-corrected chi connectivity index (χ4v) is 4.62. The summed E-state index contributed by atoms with van der Waals surface area (Å²) in [5.41, 5.74) is 1.68. The van der Waals surface area contributed by atoms with Crippen LogP contribution in [0.3, 0.4) is 0 Å². The standard InChI is InChI=1S/C25H25N5O5/c1-27-21-20(23(32)28(2)25(27)33)30-17(12-16-10-11-18(34-3)19(13-16)35-4)22(31)29(24(30)26-21)14-15-8-6-5-7-9-15/h5-13,20-21H,14H2,1-4H3/b17-12+. The van der Waals surface area contributed by atoms with E-state index in [1.54, 1.807) is 47.6 Å². The molecule has 0 spiro atoms. The van der Waals surface area contributed by atoms with Gasteiger partial charge in [0.05, 0.1) is 20.8 Å². The van der Waals surface area contributed by atoms with Gasteiger partial charge in [0, 0.05) is 14.1 Å². The highest BCUT2D eigenvalue weighted by molar-refractivity contribution is 5.99. The molecular weight excluding hydrogens is 450 g/mol. The zero-order valence-electron chi connectivity index (χ0n) is 19.8. The van der Waals surface area contributed by atoms with Gasteiger partial charge in [-0.25, -0.2) is 9.79 Å². The monoisotopic (exact) mass is 475 g/mol. The summed E-state index contributed by atoms with van der Waals surface area (Å²) in [4.78, 5) is 46.7. The maximum atomic E-state index is 13.7. The molecule has 2 aliphatic heterocycles. The minimum absolute atomic E-state index is 0.277. The Morgan fingerprint density at radius 2 is 1.69 bits per heavy atom. The molecule has 2 unspecified atom stereocenters. The number of aromatic nitrogens is 2. The van der Waals surface area contributed by atoms with Crippen LogP contribution in [0.5, 0.6) is 11.5 Å². The average Bonchev–Trinajstić information content (AvgIpc) is 3.38. The van der Waals surface area contributed by atoms with E-state index >= 15 is 0 Å². The number of imide groups is 1. The number of methoxy groups -OCH3 is 2. The van der Waals surface area contributed by atoms with Crippen LogP contribution >= 0.6 is 0 Å². The molecule has 10 nitrogen and oxygen atoms in total. The van der Waals surface area contributed by atoms with Gasteiger partial charge in [-0.3, -0.25) is 23.6 Å². The molecule has 35 heavy (non-hydrogen) atoms. The Kier molecular flexibility index (Phi) is 5.43. The number of carbonyl (C=O) groups is 2. The summed E-state index contributed by atoms with van der Waals surface area (Å²) in [6.07, 6.45) is 0.970. The Labute approximate surface area is 200 Å². The van der Waals surface area contributed by atoms with E-state index in [1.807, 2.05) is 30.3 Å². The van der Waals surface area contributed by atoms with Crippen molar-refractivity contribution in [3.8, 4) is 11.5 Å². The highest BCUT2D eigenvalue weighted by Gasteiger charge is 2.48. The van der Waals surface area contributed by atoms with Gasteiger partial charge in [-0.15, -0.1) is 0 Å². The molecule has 1 aromatic heterocycles. The van der Waals surface area contributed by atoms with Gasteiger partial charge in [0.1, 0.15) is 5.35 Å². The van der Waals surface area contributed by atoms with E-state index < -0.39 is 24.1 Å². The molecule has 3 heterocycles. The van der Waals surface area contributed by atoms with Crippen molar-refractivity contribution in [2.24, 2.45) is 4.99 Å². The van der Waals surface area contributed by atoms with Crippen molar-refractivity contribution in [2.75, 3.05) is 28.3 Å². The molecule has 0 saturated carbocycles. The van der Waals surface area contributed by atoms with E-state index in [9.17, 15) is 14.4 Å². The van der Waals surface area contributed by atoms with Crippen LogP contribution in [0.15, 0.2) is 58.3 Å². The summed E-state index contributed by atoms with van der Waals surface area (Å²) in [5, 5.41) is 0.295. The van der Waals surface area contributed by atoms with Crippen molar-refractivity contribution in [1.82, 2.24) is 18.9 Å². The molecular formula is C25H25N5O5. The Bertz CT molecular complexity index is 1510. The average molecular weight is 476 g/mol. The normalized spacial score (nSPS) is 19.5. The highest BCUT2D eigenvalue weighted by atomic mass is 16.5. The molecule has 1 fully saturated rings. The lowest BCUT2D eigenvalue weighted by atomic mass is 10.1.